The quantitative estimate of drug-likeness (QED) is 0.532. The minimum absolute atomic E-state index is 0.0946. The Morgan fingerprint density at radius 2 is 1.84 bits per heavy atom. The van der Waals surface area contributed by atoms with Crippen molar-refractivity contribution in [1.82, 2.24) is 19.7 Å². The van der Waals surface area contributed by atoms with Crippen LogP contribution in [0.2, 0.25) is 0 Å². The molecule has 1 atom stereocenters. The molecule has 32 heavy (non-hydrogen) atoms. The van der Waals surface area contributed by atoms with Crippen molar-refractivity contribution in [3.05, 3.63) is 54.1 Å². The molecular weight excluding hydrogens is 428 g/mol. The van der Waals surface area contributed by atoms with Crippen LogP contribution in [0.15, 0.2) is 53.7 Å². The van der Waals surface area contributed by atoms with Crippen LogP contribution in [0, 0.1) is 0 Å². The van der Waals surface area contributed by atoms with Gasteiger partial charge in [0, 0.05) is 18.7 Å². The van der Waals surface area contributed by atoms with Crippen LogP contribution in [0.1, 0.15) is 12.5 Å². The lowest BCUT2D eigenvalue weighted by atomic mass is 10.2. The van der Waals surface area contributed by atoms with E-state index >= 15 is 0 Å². The summed E-state index contributed by atoms with van der Waals surface area (Å²) in [6.45, 7) is 5.14. The second-order valence-electron chi connectivity index (χ2n) is 7.64. The van der Waals surface area contributed by atoms with Crippen molar-refractivity contribution in [2.45, 2.75) is 23.9 Å². The van der Waals surface area contributed by atoms with E-state index in [-0.39, 0.29) is 18.0 Å². The van der Waals surface area contributed by atoms with Crippen LogP contribution in [0.3, 0.4) is 0 Å². The smallest absolute Gasteiger partial charge is 0.236 e. The van der Waals surface area contributed by atoms with E-state index in [4.69, 9.17) is 14.2 Å². The average Bonchev–Trinajstić information content (AvgIpc) is 3.46. The fraction of sp³-hybridized carbons (Fsp3) is 0.348. The molecule has 2 aliphatic rings. The van der Waals surface area contributed by atoms with Crippen molar-refractivity contribution in [3.8, 4) is 22.9 Å². The number of morpholine rings is 1. The number of carbonyl (C=O) groups is 1. The first-order chi connectivity index (χ1) is 15.7. The van der Waals surface area contributed by atoms with Crippen molar-refractivity contribution in [3.63, 3.8) is 0 Å². The predicted molar refractivity (Wildman–Crippen MR) is 120 cm³/mol. The largest absolute Gasteiger partial charge is 0.454 e. The molecule has 3 heterocycles. The Hall–Kier alpha value is -3.04. The number of amides is 1. The van der Waals surface area contributed by atoms with E-state index in [1.807, 2.05) is 60.4 Å². The highest BCUT2D eigenvalue weighted by Gasteiger charge is 2.26. The van der Waals surface area contributed by atoms with Gasteiger partial charge in [-0.2, -0.15) is 0 Å². The number of hydrogen-bond donors (Lipinski definition) is 0. The van der Waals surface area contributed by atoms with Gasteiger partial charge in [-0.05, 0) is 24.6 Å². The molecule has 2 aliphatic heterocycles. The van der Waals surface area contributed by atoms with Gasteiger partial charge in [-0.25, -0.2) is 0 Å². The molecule has 9 heteroatoms. The van der Waals surface area contributed by atoms with E-state index in [0.29, 0.717) is 38.0 Å². The Morgan fingerprint density at radius 1 is 1.06 bits per heavy atom. The van der Waals surface area contributed by atoms with Crippen LogP contribution < -0.4 is 9.47 Å². The fourth-order valence-corrected chi connectivity index (χ4v) is 4.72. The number of nitrogens with zero attached hydrogens (tertiary/aromatic N) is 4. The van der Waals surface area contributed by atoms with Crippen molar-refractivity contribution >= 4 is 17.7 Å². The second-order valence-corrected chi connectivity index (χ2v) is 8.95. The molecule has 0 saturated carbocycles. The van der Waals surface area contributed by atoms with Crippen LogP contribution in [0.4, 0.5) is 0 Å². The normalized spacial score (nSPS) is 16.2. The second kappa shape index (κ2) is 9.22. The molecule has 3 aromatic rings. The summed E-state index contributed by atoms with van der Waals surface area (Å²) >= 11 is 1.43. The summed E-state index contributed by atoms with van der Waals surface area (Å²) in [7, 11) is 0. The van der Waals surface area contributed by atoms with Gasteiger partial charge < -0.3 is 19.1 Å². The van der Waals surface area contributed by atoms with Crippen molar-refractivity contribution in [1.29, 1.82) is 0 Å². The molecule has 1 fully saturated rings. The van der Waals surface area contributed by atoms with E-state index in [9.17, 15) is 4.79 Å². The maximum atomic E-state index is 12.9. The number of thioether (sulfide) groups is 1. The lowest BCUT2D eigenvalue weighted by molar-refractivity contribution is -0.134. The van der Waals surface area contributed by atoms with Crippen LogP contribution in [-0.2, 0) is 16.1 Å². The van der Waals surface area contributed by atoms with Crippen molar-refractivity contribution in [2.75, 3.05) is 33.1 Å². The summed E-state index contributed by atoms with van der Waals surface area (Å²) in [5.74, 6) is 2.34. The first-order valence-electron chi connectivity index (χ1n) is 10.6. The van der Waals surface area contributed by atoms with E-state index in [1.54, 1.807) is 0 Å². The van der Waals surface area contributed by atoms with E-state index < -0.39 is 0 Å². The van der Waals surface area contributed by atoms with Crippen molar-refractivity contribution in [2.24, 2.45) is 0 Å². The summed E-state index contributed by atoms with van der Waals surface area (Å²) < 4.78 is 18.4. The lowest BCUT2D eigenvalue weighted by Crippen LogP contribution is -2.44. The number of aromatic nitrogens is 3. The molecule has 0 radical (unpaired) electrons. The summed E-state index contributed by atoms with van der Waals surface area (Å²) in [4.78, 5) is 14.8. The average molecular weight is 453 g/mol. The van der Waals surface area contributed by atoms with Crippen molar-refractivity contribution < 1.29 is 19.0 Å². The third-order valence-corrected chi connectivity index (χ3v) is 6.55. The SMILES string of the molecule is CC(Sc1nnc(-c2ccccc2)n1Cc1ccc2c(c1)OCO2)C(=O)N1CCOCC1. The minimum Gasteiger partial charge on any atom is -0.454 e. The fourth-order valence-electron chi connectivity index (χ4n) is 3.79. The van der Waals surface area contributed by atoms with E-state index in [2.05, 4.69) is 14.8 Å². The molecule has 0 N–H and O–H groups in total. The van der Waals surface area contributed by atoms with Crippen LogP contribution in [-0.4, -0.2) is 63.9 Å². The maximum Gasteiger partial charge on any atom is 0.236 e. The molecule has 0 aliphatic carbocycles. The molecule has 1 aromatic heterocycles. The van der Waals surface area contributed by atoms with Gasteiger partial charge in [0.05, 0.1) is 25.0 Å². The molecule has 1 amide bonds. The van der Waals surface area contributed by atoms with Gasteiger partial charge in [0.25, 0.3) is 0 Å². The highest BCUT2D eigenvalue weighted by Crippen LogP contribution is 2.34. The summed E-state index contributed by atoms with van der Waals surface area (Å²) in [6, 6.07) is 15.9. The number of carbonyl (C=O) groups excluding carboxylic acids is 1. The van der Waals surface area contributed by atoms with E-state index in [0.717, 1.165) is 28.5 Å². The summed E-state index contributed by atoms with van der Waals surface area (Å²) in [5, 5.41) is 9.35. The number of fused-ring (bicyclic) bond motifs is 1. The van der Waals surface area contributed by atoms with Crippen LogP contribution in [0.5, 0.6) is 11.5 Å². The Balaban J connectivity index is 1.43. The summed E-state index contributed by atoms with van der Waals surface area (Å²) in [6.07, 6.45) is 0. The summed E-state index contributed by atoms with van der Waals surface area (Å²) in [5.41, 5.74) is 2.01. The highest BCUT2D eigenvalue weighted by atomic mass is 32.2. The zero-order valence-corrected chi connectivity index (χ0v) is 18.6. The van der Waals surface area contributed by atoms with E-state index in [1.165, 1.54) is 11.8 Å². The topological polar surface area (TPSA) is 78.7 Å². The molecule has 1 unspecified atom stereocenters. The number of ether oxygens (including phenoxy) is 3. The van der Waals surface area contributed by atoms with Crippen LogP contribution in [0.25, 0.3) is 11.4 Å². The molecule has 1 saturated heterocycles. The van der Waals surface area contributed by atoms with Gasteiger partial charge in [0.2, 0.25) is 12.7 Å². The zero-order valence-electron chi connectivity index (χ0n) is 17.8. The maximum absolute atomic E-state index is 12.9. The molecule has 166 valence electrons. The van der Waals surface area contributed by atoms with Crippen LogP contribution >= 0.6 is 11.8 Å². The zero-order chi connectivity index (χ0) is 21.9. The van der Waals surface area contributed by atoms with Gasteiger partial charge in [0.1, 0.15) is 0 Å². The van der Waals surface area contributed by atoms with Gasteiger partial charge in [-0.1, -0.05) is 48.2 Å². The monoisotopic (exact) mass is 452 g/mol. The molecule has 8 nitrogen and oxygen atoms in total. The lowest BCUT2D eigenvalue weighted by Gasteiger charge is -2.28. The Morgan fingerprint density at radius 3 is 2.66 bits per heavy atom. The van der Waals surface area contributed by atoms with Gasteiger partial charge in [0.15, 0.2) is 22.5 Å². The standard InChI is InChI=1S/C23H24N4O4S/c1-16(22(28)26-9-11-29-12-10-26)32-23-25-24-21(18-5-3-2-4-6-18)27(23)14-17-7-8-19-20(13-17)31-15-30-19/h2-8,13,16H,9-12,14-15H2,1H3. The van der Waals surface area contributed by atoms with Gasteiger partial charge >= 0.3 is 0 Å². The number of hydrogen-bond acceptors (Lipinski definition) is 7. The predicted octanol–water partition coefficient (Wildman–Crippen LogP) is 3.06. The third-order valence-electron chi connectivity index (χ3n) is 5.48. The third kappa shape index (κ3) is 4.31. The number of benzene rings is 2. The highest BCUT2D eigenvalue weighted by molar-refractivity contribution is 8.00. The Labute approximate surface area is 190 Å². The molecule has 5 rings (SSSR count). The van der Waals surface area contributed by atoms with Gasteiger partial charge in [-0.15, -0.1) is 10.2 Å². The van der Waals surface area contributed by atoms with Gasteiger partial charge in [-0.3, -0.25) is 9.36 Å². The molecule has 0 spiro atoms. The molecular formula is C23H24N4O4S. The first-order valence-corrected chi connectivity index (χ1v) is 11.5. The molecule has 0 bridgehead atoms. The Bertz CT molecular complexity index is 1100. The molecule has 2 aromatic carbocycles. The minimum atomic E-state index is -0.281. The first kappa shape index (κ1) is 20.8. The Kier molecular flexibility index (Phi) is 6.00. The number of rotatable bonds is 6.